The molecule has 0 bridgehead atoms. The standard InChI is InChI=1S/C21H22N2O5S/c24-21(20-15-16-5-1-2-6-19(16)28-20)22-11-14-27-17-7-9-18(10-8-17)29(25,26)23-12-3-4-13-23/h1-2,5-10,15H,3-4,11-14H2,(H,22,24). The maximum atomic E-state index is 12.5. The summed E-state index contributed by atoms with van der Waals surface area (Å²) in [7, 11) is -3.42. The van der Waals surface area contributed by atoms with Crippen molar-refractivity contribution >= 4 is 26.9 Å². The number of ether oxygens (including phenoxy) is 1. The Hall–Kier alpha value is -2.84. The predicted molar refractivity (Wildman–Crippen MR) is 108 cm³/mol. The predicted octanol–water partition coefficient (Wildman–Crippen LogP) is 3.03. The molecular weight excluding hydrogens is 392 g/mol. The first kappa shape index (κ1) is 19.5. The highest BCUT2D eigenvalue weighted by atomic mass is 32.2. The lowest BCUT2D eigenvalue weighted by molar-refractivity contribution is 0.0921. The van der Waals surface area contributed by atoms with E-state index in [1.807, 2.05) is 24.3 Å². The van der Waals surface area contributed by atoms with Gasteiger partial charge in [-0.2, -0.15) is 4.31 Å². The molecule has 1 saturated heterocycles. The number of hydrogen-bond acceptors (Lipinski definition) is 5. The summed E-state index contributed by atoms with van der Waals surface area (Å²) in [5.41, 5.74) is 0.665. The van der Waals surface area contributed by atoms with Gasteiger partial charge in [0.25, 0.3) is 5.91 Å². The third-order valence-corrected chi connectivity index (χ3v) is 6.75. The monoisotopic (exact) mass is 414 g/mol. The van der Waals surface area contributed by atoms with Crippen LogP contribution in [0.1, 0.15) is 23.4 Å². The van der Waals surface area contributed by atoms with E-state index in [9.17, 15) is 13.2 Å². The minimum Gasteiger partial charge on any atom is -0.492 e. The molecule has 0 saturated carbocycles. The van der Waals surface area contributed by atoms with Crippen LogP contribution < -0.4 is 10.1 Å². The number of nitrogens with zero attached hydrogens (tertiary/aromatic N) is 1. The van der Waals surface area contributed by atoms with E-state index >= 15 is 0 Å². The van der Waals surface area contributed by atoms with Gasteiger partial charge in [0.15, 0.2) is 5.76 Å². The third-order valence-electron chi connectivity index (χ3n) is 4.83. The summed E-state index contributed by atoms with van der Waals surface area (Å²) in [5, 5.41) is 3.62. The van der Waals surface area contributed by atoms with Crippen LogP contribution in [0.3, 0.4) is 0 Å². The van der Waals surface area contributed by atoms with E-state index in [4.69, 9.17) is 9.15 Å². The highest BCUT2D eigenvalue weighted by molar-refractivity contribution is 7.89. The van der Waals surface area contributed by atoms with Crippen molar-refractivity contribution in [2.24, 2.45) is 0 Å². The van der Waals surface area contributed by atoms with Gasteiger partial charge >= 0.3 is 0 Å². The maximum Gasteiger partial charge on any atom is 0.287 e. The molecule has 152 valence electrons. The molecule has 2 aromatic carbocycles. The van der Waals surface area contributed by atoms with Crippen molar-refractivity contribution in [2.45, 2.75) is 17.7 Å². The number of carbonyl (C=O) groups excluding carboxylic acids is 1. The zero-order valence-corrected chi connectivity index (χ0v) is 16.7. The van der Waals surface area contributed by atoms with E-state index in [1.165, 1.54) is 4.31 Å². The fourth-order valence-electron chi connectivity index (χ4n) is 3.30. The highest BCUT2D eigenvalue weighted by Crippen LogP contribution is 2.23. The number of rotatable bonds is 7. The van der Waals surface area contributed by atoms with Gasteiger partial charge in [0.05, 0.1) is 11.4 Å². The Kier molecular flexibility index (Phi) is 5.55. The van der Waals surface area contributed by atoms with Crippen LogP contribution in [0.15, 0.2) is 63.9 Å². The second kappa shape index (κ2) is 8.26. The Morgan fingerprint density at radius 3 is 2.52 bits per heavy atom. The second-order valence-electron chi connectivity index (χ2n) is 6.84. The van der Waals surface area contributed by atoms with Crippen molar-refractivity contribution < 1.29 is 22.4 Å². The minimum atomic E-state index is -3.42. The molecule has 1 fully saturated rings. The average molecular weight is 414 g/mol. The van der Waals surface area contributed by atoms with E-state index in [2.05, 4.69) is 5.32 Å². The van der Waals surface area contributed by atoms with Crippen LogP contribution in [0.2, 0.25) is 0 Å². The zero-order chi connectivity index (χ0) is 20.3. The first-order valence-corrected chi connectivity index (χ1v) is 11.0. The van der Waals surface area contributed by atoms with E-state index in [0.29, 0.717) is 31.0 Å². The number of furan rings is 1. The molecule has 8 heteroatoms. The average Bonchev–Trinajstić information content (AvgIpc) is 3.41. The van der Waals surface area contributed by atoms with Gasteiger partial charge in [-0.1, -0.05) is 18.2 Å². The van der Waals surface area contributed by atoms with Crippen molar-refractivity contribution in [3.8, 4) is 5.75 Å². The van der Waals surface area contributed by atoms with Crippen LogP contribution in [0.5, 0.6) is 5.75 Å². The number of benzene rings is 2. The lowest BCUT2D eigenvalue weighted by Gasteiger charge is -2.15. The molecule has 7 nitrogen and oxygen atoms in total. The van der Waals surface area contributed by atoms with Crippen molar-refractivity contribution in [3.05, 3.63) is 60.4 Å². The lowest BCUT2D eigenvalue weighted by Crippen LogP contribution is -2.28. The Morgan fingerprint density at radius 1 is 1.07 bits per heavy atom. The number of para-hydroxylation sites is 1. The molecule has 0 spiro atoms. The van der Waals surface area contributed by atoms with E-state index in [-0.39, 0.29) is 23.2 Å². The molecule has 29 heavy (non-hydrogen) atoms. The fourth-order valence-corrected chi connectivity index (χ4v) is 4.82. The molecule has 1 aliphatic heterocycles. The van der Waals surface area contributed by atoms with Gasteiger partial charge < -0.3 is 14.5 Å². The Bertz CT molecular complexity index is 1070. The van der Waals surface area contributed by atoms with Crippen LogP contribution in [-0.4, -0.2) is 44.9 Å². The molecule has 0 unspecified atom stereocenters. The van der Waals surface area contributed by atoms with Crippen molar-refractivity contribution in [2.75, 3.05) is 26.2 Å². The van der Waals surface area contributed by atoms with E-state index in [0.717, 1.165) is 18.2 Å². The third kappa shape index (κ3) is 4.28. The van der Waals surface area contributed by atoms with Crippen LogP contribution in [0.4, 0.5) is 0 Å². The molecule has 1 aromatic heterocycles. The van der Waals surface area contributed by atoms with Gasteiger partial charge in [0.2, 0.25) is 10.0 Å². The van der Waals surface area contributed by atoms with Gasteiger partial charge in [-0.15, -0.1) is 0 Å². The molecule has 0 aliphatic carbocycles. The maximum absolute atomic E-state index is 12.5. The number of carbonyl (C=O) groups is 1. The number of sulfonamides is 1. The van der Waals surface area contributed by atoms with Gasteiger partial charge in [-0.25, -0.2) is 8.42 Å². The summed E-state index contributed by atoms with van der Waals surface area (Å²) in [6, 6.07) is 15.5. The molecule has 4 rings (SSSR count). The van der Waals surface area contributed by atoms with Gasteiger partial charge in [-0.05, 0) is 49.2 Å². The summed E-state index contributed by atoms with van der Waals surface area (Å²) in [6.07, 6.45) is 1.81. The Morgan fingerprint density at radius 2 is 1.79 bits per heavy atom. The van der Waals surface area contributed by atoms with E-state index in [1.54, 1.807) is 30.3 Å². The molecule has 0 atom stereocenters. The van der Waals surface area contributed by atoms with Gasteiger partial charge in [0.1, 0.15) is 17.9 Å². The molecule has 2 heterocycles. The summed E-state index contributed by atoms with van der Waals surface area (Å²) in [4.78, 5) is 12.4. The summed E-state index contributed by atoms with van der Waals surface area (Å²) in [5.74, 6) is 0.489. The number of hydrogen-bond donors (Lipinski definition) is 1. The first-order valence-electron chi connectivity index (χ1n) is 9.54. The van der Waals surface area contributed by atoms with E-state index < -0.39 is 10.0 Å². The molecular formula is C21H22N2O5S. The second-order valence-corrected chi connectivity index (χ2v) is 8.77. The lowest BCUT2D eigenvalue weighted by atomic mass is 10.2. The van der Waals surface area contributed by atoms with Crippen molar-refractivity contribution in [3.63, 3.8) is 0 Å². The van der Waals surface area contributed by atoms with Crippen LogP contribution in [0, 0.1) is 0 Å². The summed E-state index contributed by atoms with van der Waals surface area (Å²) < 4.78 is 37.6. The summed E-state index contributed by atoms with van der Waals surface area (Å²) in [6.45, 7) is 1.70. The number of fused-ring (bicyclic) bond motifs is 1. The molecule has 1 aliphatic rings. The van der Waals surface area contributed by atoms with Gasteiger partial charge in [-0.3, -0.25) is 4.79 Å². The van der Waals surface area contributed by atoms with Crippen LogP contribution in [-0.2, 0) is 10.0 Å². The molecule has 1 amide bonds. The topological polar surface area (TPSA) is 88.8 Å². The largest absolute Gasteiger partial charge is 0.492 e. The SMILES string of the molecule is O=C(NCCOc1ccc(S(=O)(=O)N2CCCC2)cc1)c1cc2ccccc2o1. The van der Waals surface area contributed by atoms with Gasteiger partial charge in [0, 0.05) is 18.5 Å². The highest BCUT2D eigenvalue weighted by Gasteiger charge is 2.26. The smallest absolute Gasteiger partial charge is 0.287 e. The quantitative estimate of drug-likeness (QED) is 0.601. The number of nitrogens with one attached hydrogen (secondary N) is 1. The summed E-state index contributed by atoms with van der Waals surface area (Å²) >= 11 is 0. The Balaban J connectivity index is 1.27. The first-order chi connectivity index (χ1) is 14.0. The molecule has 1 N–H and O–H groups in total. The zero-order valence-electron chi connectivity index (χ0n) is 15.8. The number of amides is 1. The van der Waals surface area contributed by atoms with Crippen LogP contribution >= 0.6 is 0 Å². The normalized spacial score (nSPS) is 14.9. The van der Waals surface area contributed by atoms with Crippen molar-refractivity contribution in [1.82, 2.24) is 9.62 Å². The molecule has 0 radical (unpaired) electrons. The van der Waals surface area contributed by atoms with Crippen molar-refractivity contribution in [1.29, 1.82) is 0 Å². The molecule has 3 aromatic rings. The Labute approximate surface area is 169 Å². The fraction of sp³-hybridized carbons (Fsp3) is 0.286. The van der Waals surface area contributed by atoms with Crippen LogP contribution in [0.25, 0.3) is 11.0 Å². The minimum absolute atomic E-state index is 0.252.